The summed E-state index contributed by atoms with van der Waals surface area (Å²) in [6, 6.07) is 8.72. The molecule has 2 aromatic rings. The molecule has 130 valence electrons. The SMILES string of the molecule is Cc1cnc(-c2cccc(N)c2)nc1NCCN(C(C)C)C(C)C. The summed E-state index contributed by atoms with van der Waals surface area (Å²) in [6.07, 6.45) is 1.86. The Morgan fingerprint density at radius 3 is 2.50 bits per heavy atom. The van der Waals surface area contributed by atoms with Gasteiger partial charge in [-0.1, -0.05) is 12.1 Å². The van der Waals surface area contributed by atoms with Gasteiger partial charge in [0.05, 0.1) is 0 Å². The van der Waals surface area contributed by atoms with Crippen molar-refractivity contribution in [3.05, 3.63) is 36.0 Å². The lowest BCUT2D eigenvalue weighted by Crippen LogP contribution is -2.40. The van der Waals surface area contributed by atoms with E-state index < -0.39 is 0 Å². The van der Waals surface area contributed by atoms with Gasteiger partial charge in [-0.25, -0.2) is 9.97 Å². The number of nitrogen functional groups attached to an aromatic ring is 1. The number of nitrogens with one attached hydrogen (secondary N) is 1. The highest BCUT2D eigenvalue weighted by molar-refractivity contribution is 5.62. The van der Waals surface area contributed by atoms with Crippen LogP contribution >= 0.6 is 0 Å². The molecule has 0 radical (unpaired) electrons. The third-order valence-electron chi connectivity index (χ3n) is 4.11. The minimum absolute atomic E-state index is 0.529. The molecule has 0 aliphatic rings. The summed E-state index contributed by atoms with van der Waals surface area (Å²) < 4.78 is 0. The zero-order valence-electron chi connectivity index (χ0n) is 15.4. The molecule has 0 unspecified atom stereocenters. The summed E-state index contributed by atoms with van der Waals surface area (Å²) in [5, 5.41) is 3.45. The minimum Gasteiger partial charge on any atom is -0.399 e. The van der Waals surface area contributed by atoms with E-state index in [2.05, 4.69) is 47.9 Å². The molecule has 0 saturated carbocycles. The second-order valence-electron chi connectivity index (χ2n) is 6.70. The molecule has 0 amide bonds. The van der Waals surface area contributed by atoms with E-state index in [1.165, 1.54) is 0 Å². The molecule has 0 saturated heterocycles. The average Bonchev–Trinajstić information content (AvgIpc) is 2.52. The minimum atomic E-state index is 0.529. The van der Waals surface area contributed by atoms with Crippen LogP contribution in [-0.4, -0.2) is 40.0 Å². The Balaban J connectivity index is 2.09. The lowest BCUT2D eigenvalue weighted by atomic mass is 10.2. The van der Waals surface area contributed by atoms with Gasteiger partial charge in [0.1, 0.15) is 5.82 Å². The van der Waals surface area contributed by atoms with Gasteiger partial charge >= 0.3 is 0 Å². The van der Waals surface area contributed by atoms with Gasteiger partial charge in [0.15, 0.2) is 5.82 Å². The molecule has 3 N–H and O–H groups in total. The molecule has 0 fully saturated rings. The number of hydrogen-bond donors (Lipinski definition) is 2. The van der Waals surface area contributed by atoms with Gasteiger partial charge in [0.2, 0.25) is 0 Å². The Morgan fingerprint density at radius 1 is 1.17 bits per heavy atom. The Labute approximate surface area is 145 Å². The summed E-state index contributed by atoms with van der Waals surface area (Å²) in [5.74, 6) is 1.58. The van der Waals surface area contributed by atoms with E-state index in [0.717, 1.165) is 35.7 Å². The van der Waals surface area contributed by atoms with E-state index in [9.17, 15) is 0 Å². The fourth-order valence-electron chi connectivity index (χ4n) is 2.85. The van der Waals surface area contributed by atoms with Crippen LogP contribution in [0.1, 0.15) is 33.3 Å². The van der Waals surface area contributed by atoms with Crippen molar-refractivity contribution in [3.8, 4) is 11.4 Å². The highest BCUT2D eigenvalue weighted by Crippen LogP contribution is 2.20. The number of nitrogens with two attached hydrogens (primary N) is 1. The molecule has 0 bridgehead atoms. The molecule has 2 rings (SSSR count). The van der Waals surface area contributed by atoms with Crippen LogP contribution in [0.2, 0.25) is 0 Å². The van der Waals surface area contributed by atoms with E-state index in [0.29, 0.717) is 17.9 Å². The third-order valence-corrected chi connectivity index (χ3v) is 4.11. The number of aromatic nitrogens is 2. The van der Waals surface area contributed by atoms with E-state index in [1.807, 2.05) is 37.4 Å². The first-order valence-electron chi connectivity index (χ1n) is 8.57. The highest BCUT2D eigenvalue weighted by atomic mass is 15.2. The number of nitrogens with zero attached hydrogens (tertiary/aromatic N) is 3. The highest BCUT2D eigenvalue weighted by Gasteiger charge is 2.13. The summed E-state index contributed by atoms with van der Waals surface area (Å²) in [4.78, 5) is 11.6. The van der Waals surface area contributed by atoms with Crippen LogP contribution in [0.25, 0.3) is 11.4 Å². The lowest BCUT2D eigenvalue weighted by molar-refractivity contribution is 0.182. The van der Waals surface area contributed by atoms with E-state index >= 15 is 0 Å². The van der Waals surface area contributed by atoms with Crippen LogP contribution in [0.5, 0.6) is 0 Å². The number of rotatable bonds is 7. The summed E-state index contributed by atoms with van der Waals surface area (Å²) in [7, 11) is 0. The molecular weight excluding hydrogens is 298 g/mol. The number of hydrogen-bond acceptors (Lipinski definition) is 5. The fraction of sp³-hybridized carbons (Fsp3) is 0.474. The maximum Gasteiger partial charge on any atom is 0.161 e. The average molecular weight is 327 g/mol. The van der Waals surface area contributed by atoms with Crippen molar-refractivity contribution in [2.45, 2.75) is 46.7 Å². The van der Waals surface area contributed by atoms with Crippen LogP contribution in [0.3, 0.4) is 0 Å². The fourth-order valence-corrected chi connectivity index (χ4v) is 2.85. The maximum atomic E-state index is 5.86. The Kier molecular flexibility index (Phi) is 6.15. The normalized spacial score (nSPS) is 11.5. The summed E-state index contributed by atoms with van der Waals surface area (Å²) >= 11 is 0. The van der Waals surface area contributed by atoms with Gasteiger partial charge in [-0.3, -0.25) is 4.90 Å². The molecular formula is C19H29N5. The van der Waals surface area contributed by atoms with E-state index in [1.54, 1.807) is 0 Å². The standard InChI is InChI=1S/C19H29N5/c1-13(2)24(14(3)4)10-9-21-18-15(5)12-22-19(23-18)16-7-6-8-17(20)11-16/h6-8,11-14H,9-10,20H2,1-5H3,(H,21,22,23). The molecule has 5 heteroatoms. The lowest BCUT2D eigenvalue weighted by Gasteiger charge is -2.30. The topological polar surface area (TPSA) is 67.1 Å². The smallest absolute Gasteiger partial charge is 0.161 e. The van der Waals surface area contributed by atoms with Crippen molar-refractivity contribution in [2.75, 3.05) is 24.1 Å². The second-order valence-corrected chi connectivity index (χ2v) is 6.70. The first kappa shape index (κ1) is 18.2. The summed E-state index contributed by atoms with van der Waals surface area (Å²) in [6.45, 7) is 12.8. The van der Waals surface area contributed by atoms with Crippen molar-refractivity contribution in [3.63, 3.8) is 0 Å². The molecule has 1 aromatic heterocycles. The van der Waals surface area contributed by atoms with Crippen molar-refractivity contribution >= 4 is 11.5 Å². The van der Waals surface area contributed by atoms with Crippen LogP contribution in [-0.2, 0) is 0 Å². The summed E-state index contributed by atoms with van der Waals surface area (Å²) in [5.41, 5.74) is 8.55. The van der Waals surface area contributed by atoms with Crippen LogP contribution in [0.4, 0.5) is 11.5 Å². The van der Waals surface area contributed by atoms with E-state index in [4.69, 9.17) is 5.73 Å². The third kappa shape index (κ3) is 4.68. The molecule has 0 atom stereocenters. The van der Waals surface area contributed by atoms with Crippen molar-refractivity contribution < 1.29 is 0 Å². The van der Waals surface area contributed by atoms with Crippen LogP contribution in [0, 0.1) is 6.92 Å². The Bertz CT molecular complexity index is 659. The predicted octanol–water partition coefficient (Wildman–Crippen LogP) is 3.56. The quantitative estimate of drug-likeness (QED) is 0.761. The largest absolute Gasteiger partial charge is 0.399 e. The number of benzene rings is 1. The second kappa shape index (κ2) is 8.11. The molecule has 1 aromatic carbocycles. The molecule has 24 heavy (non-hydrogen) atoms. The number of anilines is 2. The van der Waals surface area contributed by atoms with Crippen LogP contribution in [0.15, 0.2) is 30.5 Å². The molecule has 0 aliphatic heterocycles. The van der Waals surface area contributed by atoms with Gasteiger partial charge in [-0.2, -0.15) is 0 Å². The number of aryl methyl sites for hydroxylation is 1. The first-order valence-corrected chi connectivity index (χ1v) is 8.57. The van der Waals surface area contributed by atoms with Crippen molar-refractivity contribution in [1.82, 2.24) is 14.9 Å². The molecule has 5 nitrogen and oxygen atoms in total. The van der Waals surface area contributed by atoms with E-state index in [-0.39, 0.29) is 0 Å². The molecule has 1 heterocycles. The zero-order valence-corrected chi connectivity index (χ0v) is 15.4. The Hall–Kier alpha value is -2.14. The van der Waals surface area contributed by atoms with Crippen molar-refractivity contribution in [1.29, 1.82) is 0 Å². The van der Waals surface area contributed by atoms with Crippen LogP contribution < -0.4 is 11.1 Å². The van der Waals surface area contributed by atoms with Crippen molar-refractivity contribution in [2.24, 2.45) is 0 Å². The monoisotopic (exact) mass is 327 g/mol. The van der Waals surface area contributed by atoms with Gasteiger partial charge in [0, 0.05) is 48.2 Å². The van der Waals surface area contributed by atoms with Gasteiger partial charge in [-0.15, -0.1) is 0 Å². The Morgan fingerprint density at radius 2 is 1.88 bits per heavy atom. The van der Waals surface area contributed by atoms with Gasteiger partial charge in [-0.05, 0) is 46.8 Å². The van der Waals surface area contributed by atoms with Gasteiger partial charge < -0.3 is 11.1 Å². The first-order chi connectivity index (χ1) is 11.4. The maximum absolute atomic E-state index is 5.86. The molecule has 0 aliphatic carbocycles. The predicted molar refractivity (Wildman–Crippen MR) is 102 cm³/mol. The zero-order chi connectivity index (χ0) is 17.7. The van der Waals surface area contributed by atoms with Gasteiger partial charge in [0.25, 0.3) is 0 Å². The molecule has 0 spiro atoms.